The van der Waals surface area contributed by atoms with E-state index < -0.39 is 0 Å². The lowest BCUT2D eigenvalue weighted by atomic mass is 10.1. The number of aromatic nitrogens is 1. The number of benzene rings is 2. The molecule has 0 bridgehead atoms. The molecule has 3 aromatic rings. The van der Waals surface area contributed by atoms with Gasteiger partial charge in [0.1, 0.15) is 0 Å². The normalized spacial score (nSPS) is 14.6. The number of hydrogen-bond donors (Lipinski definition) is 1. The minimum Gasteiger partial charge on any atom is -0.369 e. The number of rotatable bonds is 6. The summed E-state index contributed by atoms with van der Waals surface area (Å²) in [6.07, 6.45) is 0. The highest BCUT2D eigenvalue weighted by atomic mass is 32.2. The number of carbonyl (C=O) groups excluding carboxylic acids is 1. The second-order valence-electron chi connectivity index (χ2n) is 7.92. The Bertz CT molecular complexity index is 1040. The van der Waals surface area contributed by atoms with Gasteiger partial charge in [0.2, 0.25) is 0 Å². The largest absolute Gasteiger partial charge is 0.369 e. The summed E-state index contributed by atoms with van der Waals surface area (Å²) >= 11 is 3.41. The third-order valence-corrected chi connectivity index (χ3v) is 7.34. The van der Waals surface area contributed by atoms with Gasteiger partial charge in [-0.3, -0.25) is 4.79 Å². The summed E-state index contributed by atoms with van der Waals surface area (Å²) in [6, 6.07) is 14.0. The van der Waals surface area contributed by atoms with Crippen LogP contribution in [0, 0.1) is 13.8 Å². The Balaban J connectivity index is 1.34. The standard InChI is InChI=1S/C24H28N4OS2/c1-17-14-20(6-9-23(17)28-12-10-27(3)11-13-28)26-24(29)19-4-7-22(8-5-19)31-16-21-15-30-18(2)25-21/h4-9,14-15H,10-13,16H2,1-3H3,(H,26,29). The van der Waals surface area contributed by atoms with Crippen molar-refractivity contribution in [3.05, 3.63) is 69.7 Å². The molecule has 0 saturated carbocycles. The van der Waals surface area contributed by atoms with Crippen LogP contribution in [-0.2, 0) is 5.75 Å². The van der Waals surface area contributed by atoms with Gasteiger partial charge >= 0.3 is 0 Å². The van der Waals surface area contributed by atoms with Crippen molar-refractivity contribution < 1.29 is 4.79 Å². The number of nitrogens with one attached hydrogen (secondary N) is 1. The molecule has 1 saturated heterocycles. The Kier molecular flexibility index (Phi) is 6.95. The first kappa shape index (κ1) is 21.9. The summed E-state index contributed by atoms with van der Waals surface area (Å²) < 4.78 is 0. The lowest BCUT2D eigenvalue weighted by Crippen LogP contribution is -2.44. The van der Waals surface area contributed by atoms with E-state index in [9.17, 15) is 4.79 Å². The van der Waals surface area contributed by atoms with Crippen molar-refractivity contribution in [2.24, 2.45) is 0 Å². The molecule has 5 nitrogen and oxygen atoms in total. The Morgan fingerprint density at radius 2 is 1.84 bits per heavy atom. The van der Waals surface area contributed by atoms with E-state index in [0.29, 0.717) is 5.56 Å². The van der Waals surface area contributed by atoms with Gasteiger partial charge in [0, 0.05) is 59.1 Å². The van der Waals surface area contributed by atoms with Crippen molar-refractivity contribution in [1.82, 2.24) is 9.88 Å². The zero-order chi connectivity index (χ0) is 21.8. The SMILES string of the molecule is Cc1nc(CSc2ccc(C(=O)Nc3ccc(N4CCN(C)CC4)c(C)c3)cc2)cs1. The third-order valence-electron chi connectivity index (χ3n) is 5.47. The van der Waals surface area contributed by atoms with E-state index in [1.54, 1.807) is 23.1 Å². The van der Waals surface area contributed by atoms with Gasteiger partial charge in [0.25, 0.3) is 5.91 Å². The molecule has 1 N–H and O–H groups in total. The number of carbonyl (C=O) groups is 1. The lowest BCUT2D eigenvalue weighted by molar-refractivity contribution is 0.102. The van der Waals surface area contributed by atoms with E-state index in [1.165, 1.54) is 11.3 Å². The van der Waals surface area contributed by atoms with Gasteiger partial charge in [-0.25, -0.2) is 4.98 Å². The number of amides is 1. The maximum atomic E-state index is 12.7. The Labute approximate surface area is 192 Å². The summed E-state index contributed by atoms with van der Waals surface area (Å²) in [5.74, 6) is 0.757. The molecule has 4 rings (SSSR count). The second-order valence-corrected chi connectivity index (χ2v) is 10.0. The molecule has 0 unspecified atom stereocenters. The fraction of sp³-hybridized carbons (Fsp3) is 0.333. The molecule has 2 aromatic carbocycles. The Hall–Kier alpha value is -2.35. The van der Waals surface area contributed by atoms with E-state index in [0.717, 1.165) is 53.2 Å². The van der Waals surface area contributed by atoms with E-state index in [4.69, 9.17) is 0 Å². The molecule has 7 heteroatoms. The molecule has 0 spiro atoms. The van der Waals surface area contributed by atoms with Crippen LogP contribution >= 0.6 is 23.1 Å². The smallest absolute Gasteiger partial charge is 0.255 e. The highest BCUT2D eigenvalue weighted by molar-refractivity contribution is 7.98. The van der Waals surface area contributed by atoms with Gasteiger partial charge in [-0.15, -0.1) is 23.1 Å². The quantitative estimate of drug-likeness (QED) is 0.530. The van der Waals surface area contributed by atoms with Crippen molar-refractivity contribution in [2.45, 2.75) is 24.5 Å². The van der Waals surface area contributed by atoms with Gasteiger partial charge in [-0.05, 0) is 68.9 Å². The van der Waals surface area contributed by atoms with Crippen molar-refractivity contribution >= 4 is 40.4 Å². The van der Waals surface area contributed by atoms with Gasteiger partial charge in [-0.1, -0.05) is 0 Å². The molecule has 0 radical (unpaired) electrons. The zero-order valence-electron chi connectivity index (χ0n) is 18.2. The first-order valence-electron chi connectivity index (χ1n) is 10.5. The van der Waals surface area contributed by atoms with E-state index in [2.05, 4.69) is 51.6 Å². The predicted molar refractivity (Wildman–Crippen MR) is 132 cm³/mol. The minimum absolute atomic E-state index is 0.0848. The maximum absolute atomic E-state index is 12.7. The molecule has 2 heterocycles. The molecule has 1 aliphatic heterocycles. The first-order valence-corrected chi connectivity index (χ1v) is 12.3. The number of nitrogens with zero attached hydrogens (tertiary/aromatic N) is 3. The number of aryl methyl sites for hydroxylation is 2. The van der Waals surface area contributed by atoms with Crippen LogP contribution in [0.4, 0.5) is 11.4 Å². The van der Waals surface area contributed by atoms with Crippen LogP contribution in [0.2, 0.25) is 0 Å². The van der Waals surface area contributed by atoms with Crippen molar-refractivity contribution in [3.63, 3.8) is 0 Å². The zero-order valence-corrected chi connectivity index (χ0v) is 19.9. The summed E-state index contributed by atoms with van der Waals surface area (Å²) in [5.41, 5.74) is 5.03. The van der Waals surface area contributed by atoms with Crippen LogP contribution in [0.3, 0.4) is 0 Å². The molecule has 162 valence electrons. The number of thioether (sulfide) groups is 1. The molecule has 0 atom stereocenters. The van der Waals surface area contributed by atoms with Crippen LogP contribution < -0.4 is 10.2 Å². The van der Waals surface area contributed by atoms with E-state index in [1.807, 2.05) is 37.3 Å². The highest BCUT2D eigenvalue weighted by Gasteiger charge is 2.16. The number of hydrogen-bond acceptors (Lipinski definition) is 6. The summed E-state index contributed by atoms with van der Waals surface area (Å²) in [7, 11) is 2.16. The number of anilines is 2. The molecule has 31 heavy (non-hydrogen) atoms. The molecule has 1 fully saturated rings. The van der Waals surface area contributed by atoms with Crippen LogP contribution in [0.5, 0.6) is 0 Å². The van der Waals surface area contributed by atoms with Gasteiger partial charge in [-0.2, -0.15) is 0 Å². The first-order chi connectivity index (χ1) is 15.0. The Morgan fingerprint density at radius 1 is 1.10 bits per heavy atom. The highest BCUT2D eigenvalue weighted by Crippen LogP contribution is 2.26. The number of likely N-dealkylation sites (N-methyl/N-ethyl adjacent to an activating group) is 1. The predicted octanol–water partition coefficient (Wildman–Crippen LogP) is 5.06. The molecule has 1 aliphatic rings. The number of piperazine rings is 1. The van der Waals surface area contributed by atoms with Crippen molar-refractivity contribution in [1.29, 1.82) is 0 Å². The topological polar surface area (TPSA) is 48.5 Å². The Morgan fingerprint density at radius 3 is 2.48 bits per heavy atom. The van der Waals surface area contributed by atoms with E-state index >= 15 is 0 Å². The maximum Gasteiger partial charge on any atom is 0.255 e. The molecule has 1 aromatic heterocycles. The fourth-order valence-electron chi connectivity index (χ4n) is 3.67. The van der Waals surface area contributed by atoms with Crippen LogP contribution in [0.25, 0.3) is 0 Å². The van der Waals surface area contributed by atoms with Crippen LogP contribution in [0.1, 0.15) is 26.6 Å². The van der Waals surface area contributed by atoms with Crippen molar-refractivity contribution in [3.8, 4) is 0 Å². The second kappa shape index (κ2) is 9.85. The molecular weight excluding hydrogens is 424 g/mol. The molecule has 1 amide bonds. The average molecular weight is 453 g/mol. The van der Waals surface area contributed by atoms with Crippen molar-refractivity contribution in [2.75, 3.05) is 43.4 Å². The summed E-state index contributed by atoms with van der Waals surface area (Å²) in [4.78, 5) is 23.1. The van der Waals surface area contributed by atoms with Crippen LogP contribution in [0.15, 0.2) is 52.7 Å². The van der Waals surface area contributed by atoms with Gasteiger partial charge < -0.3 is 15.1 Å². The van der Waals surface area contributed by atoms with E-state index in [-0.39, 0.29) is 5.91 Å². The summed E-state index contributed by atoms with van der Waals surface area (Å²) in [5, 5.41) is 6.23. The minimum atomic E-state index is -0.0848. The fourth-order valence-corrected chi connectivity index (χ4v) is 5.18. The van der Waals surface area contributed by atoms with Gasteiger partial charge in [0.05, 0.1) is 10.7 Å². The average Bonchev–Trinajstić information content (AvgIpc) is 3.19. The third kappa shape index (κ3) is 5.67. The summed E-state index contributed by atoms with van der Waals surface area (Å²) in [6.45, 7) is 8.36. The van der Waals surface area contributed by atoms with Gasteiger partial charge in [0.15, 0.2) is 0 Å². The monoisotopic (exact) mass is 452 g/mol. The molecular formula is C24H28N4OS2. The number of thiazole rings is 1. The molecule has 0 aliphatic carbocycles. The van der Waals surface area contributed by atoms with Crippen LogP contribution in [-0.4, -0.2) is 49.0 Å². The lowest BCUT2D eigenvalue weighted by Gasteiger charge is -2.35.